The highest BCUT2D eigenvalue weighted by Crippen LogP contribution is 2.35. The van der Waals surface area contributed by atoms with Crippen LogP contribution >= 0.6 is 0 Å². The van der Waals surface area contributed by atoms with Crippen molar-refractivity contribution in [2.45, 2.75) is 44.6 Å². The van der Waals surface area contributed by atoms with Crippen LogP contribution < -0.4 is 5.32 Å². The molecular formula is C19H25N3O5. The van der Waals surface area contributed by atoms with E-state index in [0.717, 1.165) is 38.2 Å². The van der Waals surface area contributed by atoms with Crippen LogP contribution in [0.25, 0.3) is 0 Å². The number of ether oxygens (including phenoxy) is 1. The first-order valence-corrected chi connectivity index (χ1v) is 9.44. The van der Waals surface area contributed by atoms with Gasteiger partial charge in [0, 0.05) is 37.5 Å². The maximum absolute atomic E-state index is 12.6. The molecule has 0 radical (unpaired) electrons. The minimum atomic E-state index is -0.742. The lowest BCUT2D eigenvalue weighted by Gasteiger charge is -2.44. The lowest BCUT2D eigenvalue weighted by atomic mass is 9.78. The van der Waals surface area contributed by atoms with Crippen molar-refractivity contribution in [3.8, 4) is 0 Å². The molecule has 1 aliphatic carbocycles. The summed E-state index contributed by atoms with van der Waals surface area (Å²) in [5.74, 6) is -0.371. The lowest BCUT2D eigenvalue weighted by Crippen LogP contribution is -2.50. The van der Waals surface area contributed by atoms with Gasteiger partial charge >= 0.3 is 5.97 Å². The quantitative estimate of drug-likeness (QED) is 0.482. The molecule has 1 aromatic rings. The Kier molecular flexibility index (Phi) is 5.93. The van der Waals surface area contributed by atoms with Crippen LogP contribution in [0.2, 0.25) is 0 Å². The number of piperidine rings is 1. The van der Waals surface area contributed by atoms with Gasteiger partial charge in [0.2, 0.25) is 0 Å². The number of nitro benzene ring substituents is 1. The Morgan fingerprint density at radius 3 is 2.74 bits per heavy atom. The molecule has 1 heterocycles. The van der Waals surface area contributed by atoms with Crippen LogP contribution in [0.15, 0.2) is 18.2 Å². The zero-order valence-corrected chi connectivity index (χ0v) is 15.5. The minimum Gasteiger partial charge on any atom is -0.452 e. The van der Waals surface area contributed by atoms with Crippen molar-refractivity contribution >= 4 is 23.3 Å². The van der Waals surface area contributed by atoms with Crippen LogP contribution in [0, 0.1) is 16.0 Å². The molecule has 0 spiro atoms. The summed E-state index contributed by atoms with van der Waals surface area (Å²) >= 11 is 0. The maximum atomic E-state index is 12.6. The van der Waals surface area contributed by atoms with Gasteiger partial charge in [-0.25, -0.2) is 4.79 Å². The summed E-state index contributed by atoms with van der Waals surface area (Å²) in [6.45, 7) is 0.365. The molecule has 2 fully saturated rings. The molecule has 0 aromatic heterocycles. The molecule has 2 aliphatic rings. The number of rotatable bonds is 5. The first kappa shape index (κ1) is 19.1. The normalized spacial score (nSPS) is 21.9. The molecule has 8 nitrogen and oxygen atoms in total. The molecule has 1 saturated heterocycles. The van der Waals surface area contributed by atoms with Crippen molar-refractivity contribution in [2.24, 2.45) is 5.92 Å². The molecular weight excluding hydrogens is 350 g/mol. The smallest absolute Gasteiger partial charge is 0.341 e. The number of hydrogen-bond donors (Lipinski definition) is 1. The number of nitrogens with zero attached hydrogens (tertiary/aromatic N) is 2. The molecule has 1 aliphatic heterocycles. The van der Waals surface area contributed by atoms with Crippen LogP contribution in [0.5, 0.6) is 0 Å². The van der Waals surface area contributed by atoms with E-state index in [1.54, 1.807) is 7.05 Å². The fraction of sp³-hybridized carbons (Fsp3) is 0.579. The summed E-state index contributed by atoms with van der Waals surface area (Å²) < 4.78 is 5.21. The number of nitrogens with one attached hydrogen (secondary N) is 1. The zero-order chi connectivity index (χ0) is 19.4. The van der Waals surface area contributed by atoms with E-state index in [4.69, 9.17) is 4.74 Å². The Hall–Kier alpha value is -2.64. The summed E-state index contributed by atoms with van der Waals surface area (Å²) in [5, 5.41) is 13.8. The van der Waals surface area contributed by atoms with E-state index in [1.807, 2.05) is 4.90 Å². The standard InChI is InChI=1S/C19H25N3O5/c1-20-16-9-8-14(22(25)26)11-15(16)19(24)27-12-18(23)21-10-4-6-13-5-2-3-7-17(13)21/h8-9,11,13,17,20H,2-7,10,12H2,1H3/t13-,17-/m0/s1. The number of fused-ring (bicyclic) bond motifs is 1. The van der Waals surface area contributed by atoms with E-state index < -0.39 is 10.9 Å². The summed E-state index contributed by atoms with van der Waals surface area (Å²) in [7, 11) is 1.61. The second-order valence-corrected chi connectivity index (χ2v) is 7.15. The largest absolute Gasteiger partial charge is 0.452 e. The number of carbonyl (C=O) groups excluding carboxylic acids is 2. The molecule has 1 amide bonds. The van der Waals surface area contributed by atoms with Crippen molar-refractivity contribution in [1.29, 1.82) is 0 Å². The average Bonchev–Trinajstić information content (AvgIpc) is 2.70. The first-order chi connectivity index (χ1) is 13.0. The van der Waals surface area contributed by atoms with Crippen molar-refractivity contribution in [3.63, 3.8) is 0 Å². The highest BCUT2D eigenvalue weighted by molar-refractivity contribution is 5.97. The summed E-state index contributed by atoms with van der Waals surface area (Å²) in [5.41, 5.74) is 0.269. The predicted octanol–water partition coefficient (Wildman–Crippen LogP) is 2.97. The van der Waals surface area contributed by atoms with Gasteiger partial charge < -0.3 is 15.0 Å². The number of esters is 1. The van der Waals surface area contributed by atoms with Crippen LogP contribution in [-0.4, -0.2) is 47.9 Å². The van der Waals surface area contributed by atoms with Crippen LogP contribution in [0.4, 0.5) is 11.4 Å². The van der Waals surface area contributed by atoms with Gasteiger partial charge in [-0.1, -0.05) is 12.8 Å². The number of nitro groups is 1. The van der Waals surface area contributed by atoms with Crippen molar-refractivity contribution in [3.05, 3.63) is 33.9 Å². The van der Waals surface area contributed by atoms with E-state index >= 15 is 0 Å². The zero-order valence-electron chi connectivity index (χ0n) is 15.5. The highest BCUT2D eigenvalue weighted by atomic mass is 16.6. The van der Waals surface area contributed by atoms with E-state index in [0.29, 0.717) is 18.2 Å². The van der Waals surface area contributed by atoms with E-state index in [9.17, 15) is 19.7 Å². The Morgan fingerprint density at radius 1 is 1.26 bits per heavy atom. The Morgan fingerprint density at radius 2 is 2.00 bits per heavy atom. The fourth-order valence-corrected chi connectivity index (χ4v) is 4.26. The summed E-state index contributed by atoms with van der Waals surface area (Å²) in [6.07, 6.45) is 6.66. The highest BCUT2D eigenvalue weighted by Gasteiger charge is 2.35. The van der Waals surface area contributed by atoms with Crippen molar-refractivity contribution in [2.75, 3.05) is 25.5 Å². The second kappa shape index (κ2) is 8.37. The van der Waals surface area contributed by atoms with Gasteiger partial charge in [0.05, 0.1) is 10.5 Å². The molecule has 1 saturated carbocycles. The number of non-ortho nitro benzene ring substituents is 1. The first-order valence-electron chi connectivity index (χ1n) is 9.44. The second-order valence-electron chi connectivity index (χ2n) is 7.15. The van der Waals surface area contributed by atoms with E-state index in [2.05, 4.69) is 5.32 Å². The number of likely N-dealkylation sites (tertiary alicyclic amines) is 1. The monoisotopic (exact) mass is 375 g/mol. The summed E-state index contributed by atoms with van der Waals surface area (Å²) in [6, 6.07) is 4.18. The minimum absolute atomic E-state index is 0.0497. The molecule has 2 atom stereocenters. The van der Waals surface area contributed by atoms with Gasteiger partial charge in [-0.2, -0.15) is 0 Å². The lowest BCUT2D eigenvalue weighted by molar-refractivity contribution is -0.384. The van der Waals surface area contributed by atoms with Gasteiger partial charge in [-0.05, 0) is 37.7 Å². The third-order valence-electron chi connectivity index (χ3n) is 5.59. The van der Waals surface area contributed by atoms with Crippen LogP contribution in [0.3, 0.4) is 0 Å². The van der Waals surface area contributed by atoms with Gasteiger partial charge in [0.1, 0.15) is 0 Å². The van der Waals surface area contributed by atoms with E-state index in [-0.39, 0.29) is 29.8 Å². The maximum Gasteiger partial charge on any atom is 0.341 e. The Labute approximate surface area is 158 Å². The molecule has 8 heteroatoms. The van der Waals surface area contributed by atoms with Gasteiger partial charge in [0.15, 0.2) is 6.61 Å². The third-order valence-corrected chi connectivity index (χ3v) is 5.59. The molecule has 0 bridgehead atoms. The third kappa shape index (κ3) is 4.20. The van der Waals surface area contributed by atoms with Gasteiger partial charge in [-0.3, -0.25) is 14.9 Å². The van der Waals surface area contributed by atoms with Gasteiger partial charge in [-0.15, -0.1) is 0 Å². The average molecular weight is 375 g/mol. The van der Waals surface area contributed by atoms with Crippen molar-refractivity contribution in [1.82, 2.24) is 4.90 Å². The number of carbonyl (C=O) groups is 2. The molecule has 1 N–H and O–H groups in total. The fourth-order valence-electron chi connectivity index (χ4n) is 4.26. The number of anilines is 1. The van der Waals surface area contributed by atoms with Crippen LogP contribution in [0.1, 0.15) is 48.9 Å². The van der Waals surface area contributed by atoms with Gasteiger partial charge in [0.25, 0.3) is 11.6 Å². The molecule has 146 valence electrons. The summed E-state index contributed by atoms with van der Waals surface area (Å²) in [4.78, 5) is 37.3. The topological polar surface area (TPSA) is 102 Å². The molecule has 1 aromatic carbocycles. The predicted molar refractivity (Wildman–Crippen MR) is 99.6 cm³/mol. The molecule has 0 unspecified atom stereocenters. The molecule has 3 rings (SSSR count). The number of amides is 1. The molecule has 27 heavy (non-hydrogen) atoms. The number of benzene rings is 1. The Balaban J connectivity index is 1.65. The SMILES string of the molecule is CNc1ccc([N+](=O)[O-])cc1C(=O)OCC(=O)N1CCC[C@@H]2CCCC[C@@H]21. The Bertz CT molecular complexity index is 734. The van der Waals surface area contributed by atoms with E-state index in [1.165, 1.54) is 18.6 Å². The van der Waals surface area contributed by atoms with Crippen LogP contribution in [-0.2, 0) is 9.53 Å². The number of hydrogen-bond acceptors (Lipinski definition) is 6. The van der Waals surface area contributed by atoms with Crippen molar-refractivity contribution < 1.29 is 19.2 Å².